The number of nitrogens with one attached hydrogen (secondary N) is 2. The summed E-state index contributed by atoms with van der Waals surface area (Å²) in [5.41, 5.74) is 1.51. The van der Waals surface area contributed by atoms with Crippen LogP contribution in [0.25, 0.3) is 0 Å². The molecule has 5 heteroatoms. The van der Waals surface area contributed by atoms with Crippen LogP contribution in [0, 0.1) is 6.92 Å². The monoisotopic (exact) mass is 252 g/mol. The quantitative estimate of drug-likeness (QED) is 0.556. The lowest BCUT2D eigenvalue weighted by atomic mass is 10.1. The topological polar surface area (TPSA) is 58.2 Å². The van der Waals surface area contributed by atoms with Crippen molar-refractivity contribution in [2.45, 2.75) is 18.7 Å². The number of amides is 2. The van der Waals surface area contributed by atoms with Crippen LogP contribution in [0.4, 0.5) is 0 Å². The van der Waals surface area contributed by atoms with E-state index in [0.717, 1.165) is 10.5 Å². The molecule has 0 fully saturated rings. The Hall–Kier alpha value is -1.49. The van der Waals surface area contributed by atoms with Crippen molar-refractivity contribution >= 4 is 24.4 Å². The van der Waals surface area contributed by atoms with Crippen LogP contribution in [-0.4, -0.2) is 24.9 Å². The number of benzene rings is 1. The van der Waals surface area contributed by atoms with Crippen LogP contribution in [0.3, 0.4) is 0 Å². The Morgan fingerprint density at radius 3 is 2.53 bits per heavy atom. The number of hydrogen-bond donors (Lipinski definition) is 3. The van der Waals surface area contributed by atoms with E-state index in [9.17, 15) is 9.59 Å². The van der Waals surface area contributed by atoms with Crippen LogP contribution in [-0.2, 0) is 4.79 Å². The first-order valence-corrected chi connectivity index (χ1v) is 5.77. The summed E-state index contributed by atoms with van der Waals surface area (Å²) in [6.07, 6.45) is 0. The minimum absolute atomic E-state index is 0.104. The summed E-state index contributed by atoms with van der Waals surface area (Å²) in [7, 11) is 0. The Bertz CT molecular complexity index is 433. The fraction of sp³-hybridized carbons (Fsp3) is 0.333. The number of aryl methyl sites for hydroxylation is 1. The van der Waals surface area contributed by atoms with Crippen molar-refractivity contribution in [3.05, 3.63) is 29.3 Å². The third-order valence-corrected chi connectivity index (χ3v) is 2.53. The molecule has 0 saturated heterocycles. The highest BCUT2D eigenvalue weighted by Gasteiger charge is 2.08. The van der Waals surface area contributed by atoms with Gasteiger partial charge in [-0.05, 0) is 24.6 Å². The SMILES string of the molecule is CC(=O)NCCNC(=O)c1cc(S)ccc1C. The van der Waals surface area contributed by atoms with E-state index in [4.69, 9.17) is 0 Å². The summed E-state index contributed by atoms with van der Waals surface area (Å²) in [5.74, 6) is -0.253. The smallest absolute Gasteiger partial charge is 0.251 e. The molecule has 0 unspecified atom stereocenters. The van der Waals surface area contributed by atoms with E-state index in [0.29, 0.717) is 18.7 Å². The molecule has 0 aromatic heterocycles. The van der Waals surface area contributed by atoms with E-state index in [1.165, 1.54) is 6.92 Å². The molecule has 17 heavy (non-hydrogen) atoms. The van der Waals surface area contributed by atoms with E-state index < -0.39 is 0 Å². The Labute approximate surface area is 106 Å². The molecule has 0 heterocycles. The van der Waals surface area contributed by atoms with Crippen molar-refractivity contribution < 1.29 is 9.59 Å². The Morgan fingerprint density at radius 1 is 1.24 bits per heavy atom. The Balaban J connectivity index is 2.52. The van der Waals surface area contributed by atoms with E-state index >= 15 is 0 Å². The highest BCUT2D eigenvalue weighted by atomic mass is 32.1. The predicted molar refractivity (Wildman–Crippen MR) is 69.4 cm³/mol. The van der Waals surface area contributed by atoms with Crippen LogP contribution >= 0.6 is 12.6 Å². The summed E-state index contributed by atoms with van der Waals surface area (Å²) in [4.78, 5) is 23.2. The van der Waals surface area contributed by atoms with Crippen molar-refractivity contribution in [1.82, 2.24) is 10.6 Å². The van der Waals surface area contributed by atoms with Crippen LogP contribution in [0.5, 0.6) is 0 Å². The lowest BCUT2D eigenvalue weighted by Gasteiger charge is -2.08. The molecule has 0 spiro atoms. The molecule has 0 atom stereocenters. The Kier molecular flexibility index (Phi) is 5.03. The largest absolute Gasteiger partial charge is 0.355 e. The molecule has 0 aliphatic carbocycles. The minimum atomic E-state index is -0.149. The second-order valence-corrected chi connectivity index (χ2v) is 4.25. The number of carbonyl (C=O) groups excluding carboxylic acids is 2. The van der Waals surface area contributed by atoms with Gasteiger partial charge in [0, 0.05) is 30.5 Å². The molecule has 1 aromatic rings. The number of hydrogen-bond acceptors (Lipinski definition) is 3. The van der Waals surface area contributed by atoms with Crippen LogP contribution in [0.15, 0.2) is 23.1 Å². The molecule has 1 rings (SSSR count). The second kappa shape index (κ2) is 6.30. The predicted octanol–water partition coefficient (Wildman–Crippen LogP) is 1.15. The van der Waals surface area contributed by atoms with Gasteiger partial charge in [-0.2, -0.15) is 0 Å². The lowest BCUT2D eigenvalue weighted by molar-refractivity contribution is -0.118. The van der Waals surface area contributed by atoms with Gasteiger partial charge in [-0.15, -0.1) is 12.6 Å². The Morgan fingerprint density at radius 2 is 1.88 bits per heavy atom. The molecule has 4 nitrogen and oxygen atoms in total. The van der Waals surface area contributed by atoms with E-state index in [2.05, 4.69) is 23.3 Å². The molecule has 0 radical (unpaired) electrons. The van der Waals surface area contributed by atoms with Gasteiger partial charge in [-0.1, -0.05) is 6.07 Å². The molecule has 0 aliphatic heterocycles. The molecular formula is C12H16N2O2S. The van der Waals surface area contributed by atoms with Crippen molar-refractivity contribution in [2.75, 3.05) is 13.1 Å². The van der Waals surface area contributed by atoms with Gasteiger partial charge in [0.05, 0.1) is 0 Å². The number of carbonyl (C=O) groups is 2. The summed E-state index contributed by atoms with van der Waals surface area (Å²) in [6, 6.07) is 5.42. The maximum absolute atomic E-state index is 11.8. The first-order valence-electron chi connectivity index (χ1n) is 5.33. The van der Waals surface area contributed by atoms with Gasteiger partial charge in [0.2, 0.25) is 5.91 Å². The third-order valence-electron chi connectivity index (χ3n) is 2.25. The zero-order chi connectivity index (χ0) is 12.8. The van der Waals surface area contributed by atoms with E-state index in [1.807, 2.05) is 19.1 Å². The summed E-state index contributed by atoms with van der Waals surface area (Å²) < 4.78 is 0. The van der Waals surface area contributed by atoms with Crippen molar-refractivity contribution in [3.63, 3.8) is 0 Å². The normalized spacial score (nSPS) is 9.82. The standard InChI is InChI=1S/C12H16N2O2S/c1-8-3-4-10(17)7-11(8)12(16)14-6-5-13-9(2)15/h3-4,7,17H,5-6H2,1-2H3,(H,13,15)(H,14,16). The molecular weight excluding hydrogens is 236 g/mol. The first kappa shape index (κ1) is 13.6. The van der Waals surface area contributed by atoms with Gasteiger partial charge in [-0.25, -0.2) is 0 Å². The first-order chi connectivity index (χ1) is 8.00. The average Bonchev–Trinajstić information content (AvgIpc) is 2.27. The highest BCUT2D eigenvalue weighted by Crippen LogP contribution is 2.13. The molecule has 0 saturated carbocycles. The van der Waals surface area contributed by atoms with Gasteiger partial charge in [-0.3, -0.25) is 9.59 Å². The number of thiol groups is 1. The van der Waals surface area contributed by atoms with Crippen LogP contribution in [0.2, 0.25) is 0 Å². The maximum atomic E-state index is 11.8. The second-order valence-electron chi connectivity index (χ2n) is 3.74. The molecule has 1 aromatic carbocycles. The molecule has 0 aliphatic rings. The minimum Gasteiger partial charge on any atom is -0.355 e. The maximum Gasteiger partial charge on any atom is 0.251 e. The summed E-state index contributed by atoms with van der Waals surface area (Å²) in [6.45, 7) is 4.15. The molecule has 0 bridgehead atoms. The fourth-order valence-electron chi connectivity index (χ4n) is 1.36. The molecule has 2 N–H and O–H groups in total. The van der Waals surface area contributed by atoms with E-state index in [1.54, 1.807) is 6.07 Å². The van der Waals surface area contributed by atoms with Crippen LogP contribution < -0.4 is 10.6 Å². The third kappa shape index (κ3) is 4.48. The van der Waals surface area contributed by atoms with Crippen molar-refractivity contribution in [2.24, 2.45) is 0 Å². The lowest BCUT2D eigenvalue weighted by Crippen LogP contribution is -2.33. The molecule has 92 valence electrons. The highest BCUT2D eigenvalue weighted by molar-refractivity contribution is 7.80. The van der Waals surface area contributed by atoms with Gasteiger partial charge < -0.3 is 10.6 Å². The van der Waals surface area contributed by atoms with Crippen molar-refractivity contribution in [3.8, 4) is 0 Å². The summed E-state index contributed by atoms with van der Waals surface area (Å²) in [5, 5.41) is 5.34. The van der Waals surface area contributed by atoms with E-state index in [-0.39, 0.29) is 11.8 Å². The van der Waals surface area contributed by atoms with Gasteiger partial charge in [0.15, 0.2) is 0 Å². The van der Waals surface area contributed by atoms with Crippen LogP contribution in [0.1, 0.15) is 22.8 Å². The number of rotatable bonds is 4. The molecule has 2 amide bonds. The fourth-order valence-corrected chi connectivity index (χ4v) is 1.57. The van der Waals surface area contributed by atoms with Gasteiger partial charge in [0.25, 0.3) is 5.91 Å². The zero-order valence-corrected chi connectivity index (χ0v) is 10.8. The van der Waals surface area contributed by atoms with Crippen molar-refractivity contribution in [1.29, 1.82) is 0 Å². The summed E-state index contributed by atoms with van der Waals surface area (Å²) >= 11 is 4.20. The average molecular weight is 252 g/mol. The van der Waals surface area contributed by atoms with Gasteiger partial charge in [0.1, 0.15) is 0 Å². The zero-order valence-electron chi connectivity index (χ0n) is 9.91. The van der Waals surface area contributed by atoms with Gasteiger partial charge >= 0.3 is 0 Å².